The van der Waals surface area contributed by atoms with Gasteiger partial charge >= 0.3 is 0 Å². The number of para-hydroxylation sites is 1. The van der Waals surface area contributed by atoms with Crippen LogP contribution < -0.4 is 16.6 Å². The summed E-state index contributed by atoms with van der Waals surface area (Å²) in [5.74, 6) is 6.82. The summed E-state index contributed by atoms with van der Waals surface area (Å²) < 4.78 is 0. The summed E-state index contributed by atoms with van der Waals surface area (Å²) in [6.07, 6.45) is 1.49. The Kier molecular flexibility index (Phi) is 3.90. The third kappa shape index (κ3) is 2.88. The number of aromatic nitrogens is 2. The van der Waals surface area contributed by atoms with Crippen molar-refractivity contribution in [2.24, 2.45) is 5.84 Å². The summed E-state index contributed by atoms with van der Waals surface area (Å²) in [5.41, 5.74) is 5.80. The van der Waals surface area contributed by atoms with Gasteiger partial charge in [0.25, 0.3) is 0 Å². The minimum absolute atomic E-state index is 0.0550. The van der Waals surface area contributed by atoms with Gasteiger partial charge < -0.3 is 10.7 Å². The maximum Gasteiger partial charge on any atom is 0.148 e. The highest BCUT2D eigenvalue weighted by atomic mass is 15.3. The van der Waals surface area contributed by atoms with Crippen LogP contribution in [0.3, 0.4) is 0 Å². The Bertz CT molecular complexity index is 601. The topological polar surface area (TPSA) is 75.9 Å². The number of nitrogens with one attached hydrogen (secondary N) is 2. The second kappa shape index (κ2) is 5.46. The van der Waals surface area contributed by atoms with Gasteiger partial charge in [-0.25, -0.2) is 15.8 Å². The van der Waals surface area contributed by atoms with Crippen LogP contribution >= 0.6 is 0 Å². The van der Waals surface area contributed by atoms with E-state index in [0.29, 0.717) is 5.82 Å². The van der Waals surface area contributed by atoms with E-state index in [9.17, 15) is 0 Å². The highest BCUT2D eigenvalue weighted by molar-refractivity contribution is 5.67. The first-order valence-corrected chi connectivity index (χ1v) is 6.58. The monoisotopic (exact) mass is 271 g/mol. The molecule has 1 heterocycles. The average Bonchev–Trinajstić information content (AvgIpc) is 2.40. The molecule has 5 heteroatoms. The lowest BCUT2D eigenvalue weighted by Gasteiger charge is -2.23. The number of nitrogens with zero attached hydrogens (tertiary/aromatic N) is 2. The molecule has 4 N–H and O–H groups in total. The normalized spacial score (nSPS) is 11.2. The number of hydrogen-bond acceptors (Lipinski definition) is 5. The summed E-state index contributed by atoms with van der Waals surface area (Å²) >= 11 is 0. The quantitative estimate of drug-likeness (QED) is 0.590. The van der Waals surface area contributed by atoms with Crippen LogP contribution in [0.2, 0.25) is 0 Å². The van der Waals surface area contributed by atoms with Gasteiger partial charge in [-0.15, -0.1) is 0 Å². The highest BCUT2D eigenvalue weighted by Crippen LogP contribution is 2.32. The molecular formula is C15H21N5. The highest BCUT2D eigenvalue weighted by Gasteiger charge is 2.18. The maximum absolute atomic E-state index is 5.44. The number of nitrogen functional groups attached to an aromatic ring is 1. The molecule has 1 aromatic carbocycles. The van der Waals surface area contributed by atoms with E-state index in [1.54, 1.807) is 0 Å². The molecule has 0 atom stereocenters. The molecule has 0 radical (unpaired) electrons. The smallest absolute Gasteiger partial charge is 0.148 e. The third-order valence-corrected chi connectivity index (χ3v) is 3.21. The van der Waals surface area contributed by atoms with Crippen molar-refractivity contribution in [3.8, 4) is 0 Å². The van der Waals surface area contributed by atoms with Gasteiger partial charge in [-0.2, -0.15) is 0 Å². The van der Waals surface area contributed by atoms with Gasteiger partial charge in [0.05, 0.1) is 0 Å². The Labute approximate surface area is 119 Å². The van der Waals surface area contributed by atoms with E-state index in [-0.39, 0.29) is 5.41 Å². The van der Waals surface area contributed by atoms with Crippen molar-refractivity contribution in [3.05, 3.63) is 41.7 Å². The first-order valence-electron chi connectivity index (χ1n) is 6.58. The SMILES string of the molecule is Cc1c(NN)ncnc1Nc1ccccc1C(C)(C)C. The molecule has 0 spiro atoms. The van der Waals surface area contributed by atoms with E-state index in [4.69, 9.17) is 5.84 Å². The van der Waals surface area contributed by atoms with Crippen LogP contribution in [0, 0.1) is 6.92 Å². The number of nitrogens with two attached hydrogens (primary N) is 1. The second-order valence-electron chi connectivity index (χ2n) is 5.76. The first-order chi connectivity index (χ1) is 9.43. The Hall–Kier alpha value is -2.14. The van der Waals surface area contributed by atoms with E-state index in [1.807, 2.05) is 19.1 Å². The van der Waals surface area contributed by atoms with Crippen molar-refractivity contribution >= 4 is 17.3 Å². The summed E-state index contributed by atoms with van der Waals surface area (Å²) in [7, 11) is 0. The zero-order chi connectivity index (χ0) is 14.8. The first kappa shape index (κ1) is 14.3. The Morgan fingerprint density at radius 1 is 1.05 bits per heavy atom. The number of rotatable bonds is 3. The molecule has 20 heavy (non-hydrogen) atoms. The lowest BCUT2D eigenvalue weighted by Crippen LogP contribution is -2.15. The third-order valence-electron chi connectivity index (χ3n) is 3.21. The van der Waals surface area contributed by atoms with Crippen LogP contribution in [0.5, 0.6) is 0 Å². The second-order valence-corrected chi connectivity index (χ2v) is 5.76. The van der Waals surface area contributed by atoms with E-state index in [2.05, 4.69) is 53.6 Å². The fourth-order valence-electron chi connectivity index (χ4n) is 2.10. The van der Waals surface area contributed by atoms with Crippen molar-refractivity contribution in [3.63, 3.8) is 0 Å². The summed E-state index contributed by atoms with van der Waals surface area (Å²) in [4.78, 5) is 8.37. The van der Waals surface area contributed by atoms with Crippen molar-refractivity contribution in [2.45, 2.75) is 33.1 Å². The molecule has 2 aromatic rings. The molecule has 0 fully saturated rings. The van der Waals surface area contributed by atoms with E-state index < -0.39 is 0 Å². The molecule has 0 saturated heterocycles. The van der Waals surface area contributed by atoms with E-state index in [1.165, 1.54) is 11.9 Å². The van der Waals surface area contributed by atoms with Crippen molar-refractivity contribution in [2.75, 3.05) is 10.7 Å². The summed E-state index contributed by atoms with van der Waals surface area (Å²) in [6, 6.07) is 8.24. The van der Waals surface area contributed by atoms with Gasteiger partial charge in [0.2, 0.25) is 0 Å². The van der Waals surface area contributed by atoms with Crippen LogP contribution in [-0.2, 0) is 5.41 Å². The molecule has 2 rings (SSSR count). The Balaban J connectivity index is 2.41. The van der Waals surface area contributed by atoms with Crippen molar-refractivity contribution < 1.29 is 0 Å². The average molecular weight is 271 g/mol. The molecule has 0 aliphatic rings. The van der Waals surface area contributed by atoms with Gasteiger partial charge in [0.15, 0.2) is 0 Å². The molecule has 0 amide bonds. The van der Waals surface area contributed by atoms with Crippen LogP contribution in [0.15, 0.2) is 30.6 Å². The zero-order valence-corrected chi connectivity index (χ0v) is 12.4. The maximum atomic E-state index is 5.44. The summed E-state index contributed by atoms with van der Waals surface area (Å²) in [6.45, 7) is 8.49. The van der Waals surface area contributed by atoms with Crippen LogP contribution in [0.25, 0.3) is 0 Å². The number of benzene rings is 1. The number of hydrogen-bond donors (Lipinski definition) is 3. The minimum Gasteiger partial charge on any atom is -0.340 e. The van der Waals surface area contributed by atoms with Gasteiger partial charge in [0.1, 0.15) is 18.0 Å². The predicted octanol–water partition coefficient (Wildman–Crippen LogP) is 3.11. The predicted molar refractivity (Wildman–Crippen MR) is 83.0 cm³/mol. The largest absolute Gasteiger partial charge is 0.340 e. The van der Waals surface area contributed by atoms with Gasteiger partial charge in [-0.3, -0.25) is 0 Å². The van der Waals surface area contributed by atoms with Gasteiger partial charge in [-0.05, 0) is 24.0 Å². The number of hydrazine groups is 1. The molecular weight excluding hydrogens is 250 g/mol. The molecule has 5 nitrogen and oxygen atoms in total. The van der Waals surface area contributed by atoms with Crippen molar-refractivity contribution in [1.29, 1.82) is 0 Å². The molecule has 0 saturated carbocycles. The van der Waals surface area contributed by atoms with Gasteiger partial charge in [0, 0.05) is 11.3 Å². The van der Waals surface area contributed by atoms with Crippen LogP contribution in [0.4, 0.5) is 17.3 Å². The Morgan fingerprint density at radius 3 is 2.35 bits per heavy atom. The molecule has 106 valence electrons. The standard InChI is InChI=1S/C15H21N5/c1-10-13(17-9-18-14(10)20-16)19-12-8-6-5-7-11(12)15(2,3)4/h5-9H,16H2,1-4H3,(H2,17,18,19,20). The number of anilines is 3. The molecule has 0 aliphatic heterocycles. The lowest BCUT2D eigenvalue weighted by molar-refractivity contribution is 0.592. The molecule has 0 unspecified atom stereocenters. The lowest BCUT2D eigenvalue weighted by atomic mass is 9.86. The summed E-state index contributed by atoms with van der Waals surface area (Å²) in [5, 5.41) is 3.38. The molecule has 0 bridgehead atoms. The van der Waals surface area contributed by atoms with E-state index in [0.717, 1.165) is 17.1 Å². The molecule has 1 aromatic heterocycles. The van der Waals surface area contributed by atoms with Crippen molar-refractivity contribution in [1.82, 2.24) is 9.97 Å². The zero-order valence-electron chi connectivity index (χ0n) is 12.4. The Morgan fingerprint density at radius 2 is 1.70 bits per heavy atom. The fourth-order valence-corrected chi connectivity index (χ4v) is 2.10. The van der Waals surface area contributed by atoms with E-state index >= 15 is 0 Å². The fraction of sp³-hybridized carbons (Fsp3) is 0.333. The van der Waals surface area contributed by atoms with Gasteiger partial charge in [-0.1, -0.05) is 39.0 Å². The van der Waals surface area contributed by atoms with Crippen LogP contribution in [-0.4, -0.2) is 9.97 Å². The minimum atomic E-state index is 0.0550. The molecule has 0 aliphatic carbocycles. The van der Waals surface area contributed by atoms with Crippen LogP contribution in [0.1, 0.15) is 31.9 Å².